The fraction of sp³-hybridized carbons (Fsp3) is 0.312. The fourth-order valence-electron chi connectivity index (χ4n) is 2.35. The van der Waals surface area contributed by atoms with Crippen molar-refractivity contribution in [3.8, 4) is 10.6 Å². The summed E-state index contributed by atoms with van der Waals surface area (Å²) in [5.74, 6) is 0.211. The molecule has 0 spiro atoms. The standard InChI is InChI=1S/C16H18ClN5OS/c1-21(2)7-6-19-16(23)15-20-9-12(22(15)3)13-8-11-14(24-13)10(17)4-5-18-11/h4-5,8-9H,6-7H2,1-3H3,(H,19,23). The Kier molecular flexibility index (Phi) is 4.84. The Labute approximate surface area is 149 Å². The maximum absolute atomic E-state index is 12.3. The molecular weight excluding hydrogens is 346 g/mol. The molecule has 0 bridgehead atoms. The van der Waals surface area contributed by atoms with Crippen molar-refractivity contribution in [1.82, 2.24) is 24.8 Å². The molecule has 1 amide bonds. The summed E-state index contributed by atoms with van der Waals surface area (Å²) in [5.41, 5.74) is 1.72. The van der Waals surface area contributed by atoms with Crippen LogP contribution in [0.3, 0.4) is 0 Å². The summed E-state index contributed by atoms with van der Waals surface area (Å²) in [6.45, 7) is 1.36. The van der Waals surface area contributed by atoms with Crippen LogP contribution in [-0.4, -0.2) is 52.5 Å². The van der Waals surface area contributed by atoms with Gasteiger partial charge in [-0.1, -0.05) is 11.6 Å². The van der Waals surface area contributed by atoms with Crippen LogP contribution in [0, 0.1) is 0 Å². The van der Waals surface area contributed by atoms with Crippen molar-refractivity contribution in [2.45, 2.75) is 0 Å². The highest BCUT2D eigenvalue weighted by atomic mass is 35.5. The van der Waals surface area contributed by atoms with E-state index in [9.17, 15) is 4.79 Å². The van der Waals surface area contributed by atoms with Crippen LogP contribution in [0.2, 0.25) is 5.02 Å². The van der Waals surface area contributed by atoms with E-state index in [1.807, 2.05) is 32.1 Å². The molecule has 0 saturated carbocycles. The maximum atomic E-state index is 12.3. The van der Waals surface area contributed by atoms with Crippen LogP contribution in [0.25, 0.3) is 20.8 Å². The second kappa shape index (κ2) is 6.88. The van der Waals surface area contributed by atoms with Crippen LogP contribution in [0.5, 0.6) is 0 Å². The zero-order valence-corrected chi connectivity index (χ0v) is 15.3. The number of carbonyl (C=O) groups is 1. The molecule has 126 valence electrons. The largest absolute Gasteiger partial charge is 0.348 e. The van der Waals surface area contributed by atoms with Crippen molar-refractivity contribution < 1.29 is 4.79 Å². The molecule has 0 aliphatic carbocycles. The Hall–Kier alpha value is -1.96. The van der Waals surface area contributed by atoms with Crippen molar-refractivity contribution in [2.24, 2.45) is 7.05 Å². The molecule has 0 radical (unpaired) electrons. The van der Waals surface area contributed by atoms with Crippen molar-refractivity contribution in [2.75, 3.05) is 27.2 Å². The first kappa shape index (κ1) is 16.9. The Morgan fingerprint density at radius 2 is 2.21 bits per heavy atom. The molecule has 0 aliphatic rings. The first-order valence-corrected chi connectivity index (χ1v) is 8.66. The van der Waals surface area contributed by atoms with E-state index in [-0.39, 0.29) is 5.91 Å². The molecule has 0 saturated heterocycles. The minimum Gasteiger partial charge on any atom is -0.348 e. The SMILES string of the molecule is CN(C)CCNC(=O)c1ncc(-c2cc3nccc(Cl)c3s2)n1C. The predicted molar refractivity (Wildman–Crippen MR) is 97.7 cm³/mol. The third-order valence-electron chi connectivity index (χ3n) is 3.65. The number of hydrogen-bond donors (Lipinski definition) is 1. The topological polar surface area (TPSA) is 63.1 Å². The summed E-state index contributed by atoms with van der Waals surface area (Å²) in [5, 5.41) is 3.56. The molecule has 0 aromatic carbocycles. The first-order chi connectivity index (χ1) is 11.5. The van der Waals surface area contributed by atoms with Gasteiger partial charge in [-0.15, -0.1) is 11.3 Å². The molecule has 3 aromatic rings. The van der Waals surface area contributed by atoms with E-state index in [0.717, 1.165) is 27.3 Å². The van der Waals surface area contributed by atoms with Gasteiger partial charge in [0.1, 0.15) is 0 Å². The van der Waals surface area contributed by atoms with Crippen LogP contribution in [0.1, 0.15) is 10.6 Å². The Bertz CT molecular complexity index is 886. The number of thiophene rings is 1. The van der Waals surface area contributed by atoms with Gasteiger partial charge >= 0.3 is 0 Å². The monoisotopic (exact) mass is 363 g/mol. The second-order valence-corrected chi connectivity index (χ2v) is 7.16. The summed E-state index contributed by atoms with van der Waals surface area (Å²) >= 11 is 7.76. The molecule has 0 fully saturated rings. The molecule has 0 aliphatic heterocycles. The van der Waals surface area contributed by atoms with E-state index in [4.69, 9.17) is 11.6 Å². The van der Waals surface area contributed by atoms with Crippen LogP contribution < -0.4 is 5.32 Å². The van der Waals surface area contributed by atoms with Gasteiger partial charge in [0.2, 0.25) is 0 Å². The number of pyridine rings is 1. The number of carbonyl (C=O) groups excluding carboxylic acids is 1. The van der Waals surface area contributed by atoms with Gasteiger partial charge < -0.3 is 14.8 Å². The lowest BCUT2D eigenvalue weighted by molar-refractivity contribution is 0.0937. The Morgan fingerprint density at radius 1 is 1.42 bits per heavy atom. The summed E-state index contributed by atoms with van der Waals surface area (Å²) < 4.78 is 2.73. The zero-order chi connectivity index (χ0) is 17.3. The summed E-state index contributed by atoms with van der Waals surface area (Å²) in [4.78, 5) is 23.9. The highest BCUT2D eigenvalue weighted by Crippen LogP contribution is 2.36. The summed E-state index contributed by atoms with van der Waals surface area (Å²) in [6, 6.07) is 3.74. The van der Waals surface area contributed by atoms with Gasteiger partial charge in [0, 0.05) is 26.3 Å². The zero-order valence-electron chi connectivity index (χ0n) is 13.7. The van der Waals surface area contributed by atoms with Crippen LogP contribution in [-0.2, 0) is 7.05 Å². The third kappa shape index (κ3) is 3.28. The molecular formula is C16H18ClN5OS. The molecule has 0 atom stereocenters. The van der Waals surface area contributed by atoms with Gasteiger partial charge in [0.05, 0.1) is 32.0 Å². The number of hydrogen-bond acceptors (Lipinski definition) is 5. The number of aromatic nitrogens is 3. The van der Waals surface area contributed by atoms with E-state index in [1.54, 1.807) is 34.4 Å². The molecule has 3 rings (SSSR count). The lowest BCUT2D eigenvalue weighted by Crippen LogP contribution is -2.32. The van der Waals surface area contributed by atoms with Gasteiger partial charge in [-0.2, -0.15) is 0 Å². The number of nitrogens with one attached hydrogen (secondary N) is 1. The number of likely N-dealkylation sites (N-methyl/N-ethyl adjacent to an activating group) is 1. The number of nitrogens with zero attached hydrogens (tertiary/aromatic N) is 4. The average Bonchev–Trinajstić information content (AvgIpc) is 3.11. The number of halogens is 1. The predicted octanol–water partition coefficient (Wildman–Crippen LogP) is 2.64. The highest BCUT2D eigenvalue weighted by Gasteiger charge is 2.17. The number of rotatable bonds is 5. The number of amides is 1. The molecule has 1 N–H and O–H groups in total. The van der Waals surface area contributed by atoms with Crippen molar-refractivity contribution in [3.63, 3.8) is 0 Å². The van der Waals surface area contributed by atoms with Gasteiger partial charge in [-0.05, 0) is 26.2 Å². The lowest BCUT2D eigenvalue weighted by atomic mass is 10.3. The van der Waals surface area contributed by atoms with Crippen molar-refractivity contribution in [1.29, 1.82) is 0 Å². The van der Waals surface area contributed by atoms with Crippen molar-refractivity contribution in [3.05, 3.63) is 35.4 Å². The normalized spacial score (nSPS) is 11.4. The number of imidazole rings is 1. The average molecular weight is 364 g/mol. The third-order valence-corrected chi connectivity index (χ3v) is 5.26. The number of fused-ring (bicyclic) bond motifs is 1. The van der Waals surface area contributed by atoms with E-state index in [1.165, 1.54) is 0 Å². The molecule has 24 heavy (non-hydrogen) atoms. The highest BCUT2D eigenvalue weighted by molar-refractivity contribution is 7.22. The quantitative estimate of drug-likeness (QED) is 0.757. The molecule has 6 nitrogen and oxygen atoms in total. The minimum absolute atomic E-state index is 0.178. The van der Waals surface area contributed by atoms with Gasteiger partial charge in [-0.25, -0.2) is 4.98 Å². The van der Waals surface area contributed by atoms with Crippen molar-refractivity contribution >= 4 is 39.1 Å². The Morgan fingerprint density at radius 3 is 2.92 bits per heavy atom. The maximum Gasteiger partial charge on any atom is 0.287 e. The van der Waals surface area contributed by atoms with Crippen LogP contribution >= 0.6 is 22.9 Å². The molecule has 0 unspecified atom stereocenters. The van der Waals surface area contributed by atoms with E-state index in [2.05, 4.69) is 15.3 Å². The molecule has 3 heterocycles. The van der Waals surface area contributed by atoms with Crippen LogP contribution in [0.4, 0.5) is 0 Å². The first-order valence-electron chi connectivity index (χ1n) is 7.46. The van der Waals surface area contributed by atoms with Gasteiger partial charge in [0.25, 0.3) is 5.91 Å². The molecule has 3 aromatic heterocycles. The minimum atomic E-state index is -0.178. The fourth-order valence-corrected chi connectivity index (χ4v) is 3.69. The lowest BCUT2D eigenvalue weighted by Gasteiger charge is -2.10. The smallest absolute Gasteiger partial charge is 0.287 e. The summed E-state index contributed by atoms with van der Waals surface area (Å²) in [7, 11) is 5.76. The van der Waals surface area contributed by atoms with Gasteiger partial charge in [-0.3, -0.25) is 9.78 Å². The molecule has 8 heteroatoms. The van der Waals surface area contributed by atoms with Gasteiger partial charge in [0.15, 0.2) is 5.82 Å². The van der Waals surface area contributed by atoms with Crippen LogP contribution in [0.15, 0.2) is 24.5 Å². The van der Waals surface area contributed by atoms with E-state index in [0.29, 0.717) is 17.4 Å². The van der Waals surface area contributed by atoms with E-state index < -0.39 is 0 Å². The summed E-state index contributed by atoms with van der Waals surface area (Å²) in [6.07, 6.45) is 3.40. The van der Waals surface area contributed by atoms with E-state index >= 15 is 0 Å². The second-order valence-electron chi connectivity index (χ2n) is 5.70. The Balaban J connectivity index is 1.86.